The Kier molecular flexibility index (Phi) is 5.99. The molecule has 2 aliphatic heterocycles. The molecule has 9 nitrogen and oxygen atoms in total. The maximum absolute atomic E-state index is 12.9. The summed E-state index contributed by atoms with van der Waals surface area (Å²) in [5, 5.41) is 4.76. The summed E-state index contributed by atoms with van der Waals surface area (Å²) in [6, 6.07) is -0.982. The lowest BCUT2D eigenvalue weighted by Gasteiger charge is -2.21. The molecule has 1 N–H and O–H groups in total. The van der Waals surface area contributed by atoms with Gasteiger partial charge in [-0.05, 0) is 20.8 Å². The number of ether oxygens (including phenoxy) is 2. The van der Waals surface area contributed by atoms with Crippen molar-refractivity contribution >= 4 is 23.8 Å². The van der Waals surface area contributed by atoms with Gasteiger partial charge in [0.15, 0.2) is 18.2 Å². The van der Waals surface area contributed by atoms with Gasteiger partial charge >= 0.3 is 12.1 Å². The van der Waals surface area contributed by atoms with Crippen LogP contribution in [0.15, 0.2) is 23.9 Å². The third-order valence-corrected chi connectivity index (χ3v) is 3.70. The van der Waals surface area contributed by atoms with E-state index >= 15 is 0 Å². The van der Waals surface area contributed by atoms with Crippen LogP contribution in [0.4, 0.5) is 9.18 Å². The number of rotatable bonds is 6. The van der Waals surface area contributed by atoms with E-state index in [1.165, 1.54) is 11.1 Å². The molecular weight excluding hydrogens is 361 g/mol. The van der Waals surface area contributed by atoms with Gasteiger partial charge in [-0.25, -0.2) is 24.0 Å². The molecule has 2 rings (SSSR count). The third kappa shape index (κ3) is 4.51. The Morgan fingerprint density at radius 3 is 2.59 bits per heavy atom. The average molecular weight is 383 g/mol. The molecule has 1 atom stereocenters. The van der Waals surface area contributed by atoms with Crippen molar-refractivity contribution in [3.63, 3.8) is 0 Å². The fourth-order valence-corrected chi connectivity index (χ4v) is 2.70. The van der Waals surface area contributed by atoms with Crippen LogP contribution >= 0.6 is 0 Å². The SMILES string of the molecule is C=CCOC(=O)C1=C(C(=O)CF)CN2C[C@@H](NC(=O)OC(C)(C)C)C(=O)N12. The Morgan fingerprint density at radius 2 is 2.04 bits per heavy atom. The number of Topliss-reactive ketones (excluding diaryl/α,β-unsaturated/α-hetero) is 1. The number of hydrogen-bond donors (Lipinski definition) is 1. The number of hydrazine groups is 1. The molecule has 1 fully saturated rings. The van der Waals surface area contributed by atoms with Crippen LogP contribution in [0.25, 0.3) is 0 Å². The molecule has 10 heteroatoms. The highest BCUT2D eigenvalue weighted by molar-refractivity contribution is 6.08. The van der Waals surface area contributed by atoms with Crippen LogP contribution in [0.1, 0.15) is 20.8 Å². The molecule has 0 aromatic rings. The number of carbonyl (C=O) groups excluding carboxylic acids is 4. The van der Waals surface area contributed by atoms with E-state index in [9.17, 15) is 23.6 Å². The molecule has 2 heterocycles. The van der Waals surface area contributed by atoms with Crippen molar-refractivity contribution in [1.82, 2.24) is 15.3 Å². The fourth-order valence-electron chi connectivity index (χ4n) is 2.70. The van der Waals surface area contributed by atoms with Crippen LogP contribution in [0.2, 0.25) is 0 Å². The molecule has 0 aromatic carbocycles. The second kappa shape index (κ2) is 7.87. The van der Waals surface area contributed by atoms with Crippen molar-refractivity contribution in [2.75, 3.05) is 26.4 Å². The lowest BCUT2D eigenvalue weighted by atomic mass is 10.1. The zero-order valence-corrected chi connectivity index (χ0v) is 15.4. The first-order valence-corrected chi connectivity index (χ1v) is 8.27. The quantitative estimate of drug-likeness (QED) is 0.525. The average Bonchev–Trinajstić information content (AvgIpc) is 3.07. The maximum Gasteiger partial charge on any atom is 0.408 e. The molecule has 0 bridgehead atoms. The largest absolute Gasteiger partial charge is 0.457 e. The monoisotopic (exact) mass is 383 g/mol. The molecule has 0 spiro atoms. The predicted molar refractivity (Wildman–Crippen MR) is 90.7 cm³/mol. The number of nitrogens with zero attached hydrogens (tertiary/aromatic N) is 2. The molecule has 0 aliphatic carbocycles. The highest BCUT2D eigenvalue weighted by Crippen LogP contribution is 2.30. The molecule has 0 saturated carbocycles. The van der Waals surface area contributed by atoms with E-state index in [2.05, 4.69) is 11.9 Å². The summed E-state index contributed by atoms with van der Waals surface area (Å²) in [4.78, 5) is 48.7. The van der Waals surface area contributed by atoms with Crippen LogP contribution in [-0.4, -0.2) is 71.8 Å². The van der Waals surface area contributed by atoms with Crippen molar-refractivity contribution in [2.24, 2.45) is 0 Å². The van der Waals surface area contributed by atoms with Crippen molar-refractivity contribution in [3.8, 4) is 0 Å². The van der Waals surface area contributed by atoms with E-state index < -0.39 is 42.1 Å². The lowest BCUT2D eigenvalue weighted by molar-refractivity contribution is -0.146. The number of amides is 2. The van der Waals surface area contributed by atoms with Crippen molar-refractivity contribution < 1.29 is 33.0 Å². The number of hydrogen-bond acceptors (Lipinski definition) is 7. The molecule has 0 aromatic heterocycles. The Hall–Kier alpha value is -2.75. The molecule has 1 saturated heterocycles. The number of fused-ring (bicyclic) bond motifs is 1. The molecule has 2 aliphatic rings. The van der Waals surface area contributed by atoms with Gasteiger partial charge in [-0.1, -0.05) is 12.7 Å². The standard InChI is InChI=1S/C17H22FN3O6/c1-5-6-26-15(24)13-10(12(22)7-18)8-20-9-11(14(23)21(13)20)19-16(25)27-17(2,3)4/h5,11H,1,6-9H2,2-4H3,(H,19,25)/t11-/m1/s1. The summed E-state index contributed by atoms with van der Waals surface area (Å²) in [5.41, 5.74) is -1.23. The second-order valence-electron chi connectivity index (χ2n) is 6.97. The number of alkyl halides is 1. The van der Waals surface area contributed by atoms with E-state index in [1.807, 2.05) is 0 Å². The van der Waals surface area contributed by atoms with E-state index in [1.54, 1.807) is 20.8 Å². The number of halogens is 1. The third-order valence-electron chi connectivity index (χ3n) is 3.70. The summed E-state index contributed by atoms with van der Waals surface area (Å²) in [6.45, 7) is 6.86. The van der Waals surface area contributed by atoms with Gasteiger partial charge in [0.1, 0.15) is 18.2 Å². The van der Waals surface area contributed by atoms with E-state index in [0.29, 0.717) is 0 Å². The van der Waals surface area contributed by atoms with Crippen LogP contribution in [0.5, 0.6) is 0 Å². The van der Waals surface area contributed by atoms with Gasteiger partial charge in [0.25, 0.3) is 5.91 Å². The number of ketones is 1. The highest BCUT2D eigenvalue weighted by Gasteiger charge is 2.49. The molecule has 2 amide bonds. The van der Waals surface area contributed by atoms with Crippen LogP contribution < -0.4 is 5.32 Å². The molecule has 27 heavy (non-hydrogen) atoms. The van der Waals surface area contributed by atoms with Crippen molar-refractivity contribution in [2.45, 2.75) is 32.4 Å². The van der Waals surface area contributed by atoms with Gasteiger partial charge < -0.3 is 14.8 Å². The molecule has 148 valence electrons. The van der Waals surface area contributed by atoms with Crippen molar-refractivity contribution in [3.05, 3.63) is 23.9 Å². The van der Waals surface area contributed by atoms with Gasteiger partial charge in [-0.2, -0.15) is 0 Å². The summed E-state index contributed by atoms with van der Waals surface area (Å²) in [6.07, 6.45) is 0.531. The zero-order valence-electron chi connectivity index (χ0n) is 15.4. The Bertz CT molecular complexity index is 712. The fraction of sp³-hybridized carbons (Fsp3) is 0.529. The van der Waals surface area contributed by atoms with Crippen LogP contribution in [-0.2, 0) is 23.9 Å². The minimum atomic E-state index is -1.30. The van der Waals surface area contributed by atoms with E-state index in [0.717, 1.165) is 5.01 Å². The Morgan fingerprint density at radius 1 is 1.37 bits per heavy atom. The van der Waals surface area contributed by atoms with Gasteiger partial charge in [-0.3, -0.25) is 9.59 Å². The first-order chi connectivity index (χ1) is 12.6. The van der Waals surface area contributed by atoms with Crippen LogP contribution in [0.3, 0.4) is 0 Å². The van der Waals surface area contributed by atoms with Crippen LogP contribution in [0, 0.1) is 0 Å². The van der Waals surface area contributed by atoms with Crippen molar-refractivity contribution in [1.29, 1.82) is 0 Å². The number of nitrogens with one attached hydrogen (secondary N) is 1. The summed E-state index contributed by atoms with van der Waals surface area (Å²) in [5.74, 6) is -2.49. The number of esters is 1. The summed E-state index contributed by atoms with van der Waals surface area (Å²) in [7, 11) is 0. The second-order valence-corrected chi connectivity index (χ2v) is 6.97. The lowest BCUT2D eigenvalue weighted by Crippen LogP contribution is -2.45. The first kappa shape index (κ1) is 20.6. The Labute approximate surface area is 155 Å². The number of alkyl carbamates (subject to hydrolysis) is 1. The normalized spacial score (nSPS) is 19.8. The molecule has 0 radical (unpaired) electrons. The molecule has 0 unspecified atom stereocenters. The minimum absolute atomic E-state index is 0.000615. The highest BCUT2D eigenvalue weighted by atomic mass is 19.1. The van der Waals surface area contributed by atoms with E-state index in [-0.39, 0.29) is 31.0 Å². The summed E-state index contributed by atoms with van der Waals surface area (Å²) >= 11 is 0. The predicted octanol–water partition coefficient (Wildman–Crippen LogP) is 0.474. The molecular formula is C17H22FN3O6. The maximum atomic E-state index is 12.9. The first-order valence-electron chi connectivity index (χ1n) is 8.27. The van der Waals surface area contributed by atoms with Gasteiger partial charge in [0, 0.05) is 18.7 Å². The van der Waals surface area contributed by atoms with Gasteiger partial charge in [-0.15, -0.1) is 0 Å². The smallest absolute Gasteiger partial charge is 0.408 e. The van der Waals surface area contributed by atoms with E-state index in [4.69, 9.17) is 9.47 Å². The Balaban J connectivity index is 2.22. The zero-order chi connectivity index (χ0) is 20.4. The number of carbonyl (C=O) groups is 4. The minimum Gasteiger partial charge on any atom is -0.457 e. The topological polar surface area (TPSA) is 105 Å². The summed E-state index contributed by atoms with van der Waals surface area (Å²) < 4.78 is 22.9. The van der Waals surface area contributed by atoms with Gasteiger partial charge in [0.2, 0.25) is 0 Å². The van der Waals surface area contributed by atoms with Gasteiger partial charge in [0.05, 0.1) is 0 Å².